The first-order valence-electron chi connectivity index (χ1n) is 6.58. The third kappa shape index (κ3) is 4.13. The molecular formula is C16H16ClNO3. The van der Waals surface area contributed by atoms with E-state index in [4.69, 9.17) is 16.3 Å². The molecule has 0 bridgehead atoms. The molecule has 0 saturated carbocycles. The second kappa shape index (κ2) is 6.99. The Morgan fingerprint density at radius 2 is 2.00 bits per heavy atom. The molecule has 0 spiro atoms. The number of nitrogens with one attached hydrogen (secondary N) is 1. The average Bonchev–Trinajstić information content (AvgIpc) is 2.46. The van der Waals surface area contributed by atoms with Gasteiger partial charge in [0.25, 0.3) is 0 Å². The zero-order chi connectivity index (χ0) is 15.2. The number of benzene rings is 2. The zero-order valence-electron chi connectivity index (χ0n) is 11.5. The summed E-state index contributed by atoms with van der Waals surface area (Å²) in [6, 6.07) is 13.1. The molecule has 4 nitrogen and oxygen atoms in total. The van der Waals surface area contributed by atoms with Crippen LogP contribution in [0.5, 0.6) is 5.75 Å². The number of anilines is 1. The maximum Gasteiger partial charge on any atom is 0.330 e. The summed E-state index contributed by atoms with van der Waals surface area (Å²) in [5.41, 5.74) is 1.30. The summed E-state index contributed by atoms with van der Waals surface area (Å²) < 4.78 is 5.35. The Hall–Kier alpha value is -2.20. The van der Waals surface area contributed by atoms with Crippen molar-refractivity contribution in [1.82, 2.24) is 0 Å². The van der Waals surface area contributed by atoms with Gasteiger partial charge in [0.15, 0.2) is 6.04 Å². The van der Waals surface area contributed by atoms with E-state index in [0.29, 0.717) is 28.6 Å². The molecule has 21 heavy (non-hydrogen) atoms. The molecule has 2 N–H and O–H groups in total. The number of hydrogen-bond acceptors (Lipinski definition) is 3. The Balaban J connectivity index is 2.20. The van der Waals surface area contributed by atoms with Gasteiger partial charge in [0.2, 0.25) is 0 Å². The molecule has 0 fully saturated rings. The van der Waals surface area contributed by atoms with E-state index < -0.39 is 12.0 Å². The molecular weight excluding hydrogens is 290 g/mol. The predicted molar refractivity (Wildman–Crippen MR) is 83.1 cm³/mol. The maximum atomic E-state index is 11.5. The summed E-state index contributed by atoms with van der Waals surface area (Å²) in [4.78, 5) is 11.5. The van der Waals surface area contributed by atoms with E-state index in [0.717, 1.165) is 0 Å². The van der Waals surface area contributed by atoms with Crippen molar-refractivity contribution in [2.75, 3.05) is 11.9 Å². The summed E-state index contributed by atoms with van der Waals surface area (Å²) in [6.45, 7) is 2.47. The predicted octanol–water partition coefficient (Wildman–Crippen LogP) is 3.98. The van der Waals surface area contributed by atoms with Crippen molar-refractivity contribution in [2.24, 2.45) is 0 Å². The normalized spacial score (nSPS) is 11.7. The van der Waals surface area contributed by atoms with E-state index in [9.17, 15) is 9.90 Å². The quantitative estimate of drug-likeness (QED) is 0.847. The third-order valence-corrected chi connectivity index (χ3v) is 3.14. The molecule has 0 aromatic heterocycles. The number of carboxylic acids is 1. The van der Waals surface area contributed by atoms with Crippen LogP contribution in [0, 0.1) is 0 Å². The largest absolute Gasteiger partial charge is 0.494 e. The smallest absolute Gasteiger partial charge is 0.330 e. The summed E-state index contributed by atoms with van der Waals surface area (Å²) in [6.07, 6.45) is 0. The van der Waals surface area contributed by atoms with Crippen LogP contribution in [0.4, 0.5) is 5.69 Å². The van der Waals surface area contributed by atoms with E-state index in [1.807, 2.05) is 6.92 Å². The van der Waals surface area contributed by atoms with E-state index in [1.165, 1.54) is 0 Å². The lowest BCUT2D eigenvalue weighted by molar-refractivity contribution is -0.138. The van der Waals surface area contributed by atoms with Gasteiger partial charge in [-0.1, -0.05) is 29.8 Å². The van der Waals surface area contributed by atoms with Crippen LogP contribution in [0.25, 0.3) is 0 Å². The molecule has 0 aliphatic rings. The zero-order valence-corrected chi connectivity index (χ0v) is 12.3. The number of rotatable bonds is 6. The fraction of sp³-hybridized carbons (Fsp3) is 0.188. The molecule has 0 aliphatic carbocycles. The SMILES string of the molecule is CCOc1ccc(C(Nc2cccc(Cl)c2)C(=O)O)cc1. The van der Waals surface area contributed by atoms with Gasteiger partial charge < -0.3 is 15.2 Å². The molecule has 2 rings (SSSR count). The van der Waals surface area contributed by atoms with Crippen molar-refractivity contribution >= 4 is 23.3 Å². The standard InChI is InChI=1S/C16H16ClNO3/c1-2-21-14-8-6-11(7-9-14)15(16(19)20)18-13-5-3-4-12(17)10-13/h3-10,15,18H,2H2,1H3,(H,19,20). The van der Waals surface area contributed by atoms with E-state index >= 15 is 0 Å². The van der Waals surface area contributed by atoms with Crippen molar-refractivity contribution in [3.63, 3.8) is 0 Å². The minimum atomic E-state index is -0.959. The van der Waals surface area contributed by atoms with Crippen molar-refractivity contribution in [2.45, 2.75) is 13.0 Å². The van der Waals surface area contributed by atoms with Crippen LogP contribution in [-0.2, 0) is 4.79 Å². The molecule has 5 heteroatoms. The molecule has 0 amide bonds. The highest BCUT2D eigenvalue weighted by molar-refractivity contribution is 6.30. The second-order valence-electron chi connectivity index (χ2n) is 4.43. The van der Waals surface area contributed by atoms with Crippen LogP contribution in [0.3, 0.4) is 0 Å². The number of aliphatic carboxylic acids is 1. The minimum Gasteiger partial charge on any atom is -0.494 e. The van der Waals surface area contributed by atoms with Crippen LogP contribution in [0.2, 0.25) is 5.02 Å². The van der Waals surface area contributed by atoms with Crippen molar-refractivity contribution < 1.29 is 14.6 Å². The number of halogens is 1. The van der Waals surface area contributed by atoms with Crippen LogP contribution in [-0.4, -0.2) is 17.7 Å². The van der Waals surface area contributed by atoms with Crippen LogP contribution < -0.4 is 10.1 Å². The summed E-state index contributed by atoms with van der Waals surface area (Å²) in [7, 11) is 0. The van der Waals surface area contributed by atoms with E-state index in [-0.39, 0.29) is 0 Å². The summed E-state index contributed by atoms with van der Waals surface area (Å²) >= 11 is 5.91. The second-order valence-corrected chi connectivity index (χ2v) is 4.86. The van der Waals surface area contributed by atoms with Gasteiger partial charge in [-0.25, -0.2) is 4.79 Å². The first-order valence-corrected chi connectivity index (χ1v) is 6.95. The number of carbonyl (C=O) groups is 1. The first kappa shape index (κ1) is 15.2. The average molecular weight is 306 g/mol. The van der Waals surface area contributed by atoms with Gasteiger partial charge in [0.1, 0.15) is 5.75 Å². The lowest BCUT2D eigenvalue weighted by Crippen LogP contribution is -2.20. The highest BCUT2D eigenvalue weighted by atomic mass is 35.5. The van der Waals surface area contributed by atoms with Gasteiger partial charge in [-0.2, -0.15) is 0 Å². The number of hydrogen-bond donors (Lipinski definition) is 2. The number of carboxylic acid groups (broad SMARTS) is 1. The van der Waals surface area contributed by atoms with Crippen LogP contribution in [0.1, 0.15) is 18.5 Å². The van der Waals surface area contributed by atoms with Crippen molar-refractivity contribution in [1.29, 1.82) is 0 Å². The third-order valence-electron chi connectivity index (χ3n) is 2.91. The van der Waals surface area contributed by atoms with Gasteiger partial charge >= 0.3 is 5.97 Å². The molecule has 1 unspecified atom stereocenters. The Morgan fingerprint density at radius 3 is 2.57 bits per heavy atom. The lowest BCUT2D eigenvalue weighted by atomic mass is 10.1. The molecule has 1 atom stereocenters. The van der Waals surface area contributed by atoms with Gasteiger partial charge in [-0.3, -0.25) is 0 Å². The Bertz CT molecular complexity index is 613. The Kier molecular flexibility index (Phi) is 5.06. The fourth-order valence-electron chi connectivity index (χ4n) is 1.96. The lowest BCUT2D eigenvalue weighted by Gasteiger charge is -2.17. The van der Waals surface area contributed by atoms with Crippen LogP contribution in [0.15, 0.2) is 48.5 Å². The maximum absolute atomic E-state index is 11.5. The molecule has 0 radical (unpaired) electrons. The van der Waals surface area contributed by atoms with Crippen molar-refractivity contribution in [3.05, 3.63) is 59.1 Å². The first-order chi connectivity index (χ1) is 10.1. The topological polar surface area (TPSA) is 58.6 Å². The van der Waals surface area contributed by atoms with Gasteiger partial charge in [0, 0.05) is 10.7 Å². The van der Waals surface area contributed by atoms with Crippen LogP contribution >= 0.6 is 11.6 Å². The minimum absolute atomic E-state index is 0.552. The fourth-order valence-corrected chi connectivity index (χ4v) is 2.15. The van der Waals surface area contributed by atoms with E-state index in [2.05, 4.69) is 5.32 Å². The number of ether oxygens (including phenoxy) is 1. The highest BCUT2D eigenvalue weighted by Crippen LogP contribution is 2.24. The highest BCUT2D eigenvalue weighted by Gasteiger charge is 2.19. The summed E-state index contributed by atoms with van der Waals surface area (Å²) in [5.74, 6) is -0.243. The molecule has 0 aliphatic heterocycles. The van der Waals surface area contributed by atoms with Gasteiger partial charge in [0.05, 0.1) is 6.61 Å². The Labute approximate surface area is 128 Å². The van der Waals surface area contributed by atoms with E-state index in [1.54, 1.807) is 48.5 Å². The summed E-state index contributed by atoms with van der Waals surface area (Å²) in [5, 5.41) is 12.9. The molecule has 2 aromatic carbocycles. The van der Waals surface area contributed by atoms with Gasteiger partial charge in [-0.05, 0) is 42.8 Å². The molecule has 0 heterocycles. The molecule has 110 valence electrons. The van der Waals surface area contributed by atoms with Gasteiger partial charge in [-0.15, -0.1) is 0 Å². The molecule has 2 aromatic rings. The molecule has 0 saturated heterocycles. The monoisotopic (exact) mass is 305 g/mol. The van der Waals surface area contributed by atoms with Crippen molar-refractivity contribution in [3.8, 4) is 5.75 Å². The Morgan fingerprint density at radius 1 is 1.29 bits per heavy atom.